The highest BCUT2D eigenvalue weighted by Crippen LogP contribution is 2.22. The summed E-state index contributed by atoms with van der Waals surface area (Å²) in [4.78, 5) is 25.1. The summed E-state index contributed by atoms with van der Waals surface area (Å²) in [6.07, 6.45) is 0. The van der Waals surface area contributed by atoms with E-state index < -0.39 is 0 Å². The summed E-state index contributed by atoms with van der Waals surface area (Å²) in [5, 5.41) is 11.0. The third kappa shape index (κ3) is 4.45. The van der Waals surface area contributed by atoms with Gasteiger partial charge in [-0.3, -0.25) is 9.59 Å². The number of rotatable bonds is 5. The standard InChI is InChI=1S/C10H13BrN2O3S/c1-13(6-9(15)12-4-5-14)10(16)7-2-3-8(11)17-7/h2-3,14H,4-6H2,1H3,(H,12,15). The maximum Gasteiger partial charge on any atom is 0.264 e. The van der Waals surface area contributed by atoms with Crippen LogP contribution in [0.2, 0.25) is 0 Å². The van der Waals surface area contributed by atoms with Crippen molar-refractivity contribution in [3.8, 4) is 0 Å². The lowest BCUT2D eigenvalue weighted by atomic mass is 10.4. The molecule has 0 saturated heterocycles. The second-order valence-electron chi connectivity index (χ2n) is 3.34. The number of nitrogens with one attached hydrogen (secondary N) is 1. The van der Waals surface area contributed by atoms with Gasteiger partial charge in [0.15, 0.2) is 0 Å². The van der Waals surface area contributed by atoms with Crippen LogP contribution >= 0.6 is 27.3 Å². The summed E-state index contributed by atoms with van der Waals surface area (Å²) < 4.78 is 0.874. The summed E-state index contributed by atoms with van der Waals surface area (Å²) in [5.41, 5.74) is 0. The molecule has 0 bridgehead atoms. The van der Waals surface area contributed by atoms with Gasteiger partial charge in [0.1, 0.15) is 0 Å². The van der Waals surface area contributed by atoms with E-state index in [1.807, 2.05) is 0 Å². The number of carbonyl (C=O) groups is 2. The molecule has 0 spiro atoms. The van der Waals surface area contributed by atoms with Crippen molar-refractivity contribution >= 4 is 39.1 Å². The molecule has 0 saturated carbocycles. The van der Waals surface area contributed by atoms with Crippen LogP contribution in [0.5, 0.6) is 0 Å². The number of hydrogen-bond acceptors (Lipinski definition) is 4. The summed E-state index contributed by atoms with van der Waals surface area (Å²) in [5.74, 6) is -0.481. The third-order valence-corrected chi connectivity index (χ3v) is 3.56. The molecule has 1 heterocycles. The normalized spacial score (nSPS) is 10.1. The van der Waals surface area contributed by atoms with Crippen LogP contribution in [-0.2, 0) is 4.79 Å². The van der Waals surface area contributed by atoms with Crippen LogP contribution in [0.3, 0.4) is 0 Å². The number of nitrogens with zero attached hydrogens (tertiary/aromatic N) is 1. The second-order valence-corrected chi connectivity index (χ2v) is 5.80. The van der Waals surface area contributed by atoms with E-state index in [9.17, 15) is 9.59 Å². The Morgan fingerprint density at radius 3 is 2.76 bits per heavy atom. The number of thiophene rings is 1. The van der Waals surface area contributed by atoms with Crippen molar-refractivity contribution in [2.45, 2.75) is 0 Å². The Balaban J connectivity index is 2.50. The van der Waals surface area contributed by atoms with E-state index in [0.29, 0.717) is 4.88 Å². The first kappa shape index (κ1) is 14.1. The molecule has 1 aromatic rings. The van der Waals surface area contributed by atoms with E-state index in [2.05, 4.69) is 21.2 Å². The Bertz CT molecular complexity index is 408. The molecule has 0 aliphatic heterocycles. The molecule has 0 atom stereocenters. The molecule has 2 N–H and O–H groups in total. The molecule has 7 heteroatoms. The number of aliphatic hydroxyl groups is 1. The lowest BCUT2D eigenvalue weighted by Gasteiger charge is -2.15. The topological polar surface area (TPSA) is 69.6 Å². The van der Waals surface area contributed by atoms with E-state index in [4.69, 9.17) is 5.11 Å². The molecule has 0 aliphatic rings. The van der Waals surface area contributed by atoms with E-state index >= 15 is 0 Å². The Morgan fingerprint density at radius 2 is 2.24 bits per heavy atom. The zero-order chi connectivity index (χ0) is 12.8. The van der Waals surface area contributed by atoms with Gasteiger partial charge in [-0.25, -0.2) is 0 Å². The Labute approximate surface area is 112 Å². The van der Waals surface area contributed by atoms with Crippen molar-refractivity contribution in [1.29, 1.82) is 0 Å². The molecule has 0 aromatic carbocycles. The smallest absolute Gasteiger partial charge is 0.264 e. The monoisotopic (exact) mass is 320 g/mol. The number of aliphatic hydroxyl groups excluding tert-OH is 1. The fraction of sp³-hybridized carbons (Fsp3) is 0.400. The molecule has 1 aromatic heterocycles. The van der Waals surface area contributed by atoms with E-state index in [1.54, 1.807) is 19.2 Å². The molecule has 5 nitrogen and oxygen atoms in total. The Morgan fingerprint density at radius 1 is 1.53 bits per heavy atom. The number of carbonyl (C=O) groups excluding carboxylic acids is 2. The molecule has 0 radical (unpaired) electrons. The highest BCUT2D eigenvalue weighted by atomic mass is 79.9. The fourth-order valence-corrected chi connectivity index (χ4v) is 2.54. The third-order valence-electron chi connectivity index (χ3n) is 1.95. The molecular formula is C10H13BrN2O3S. The van der Waals surface area contributed by atoms with Crippen molar-refractivity contribution in [1.82, 2.24) is 10.2 Å². The molecule has 1 rings (SSSR count). The highest BCUT2D eigenvalue weighted by Gasteiger charge is 2.16. The van der Waals surface area contributed by atoms with Gasteiger partial charge < -0.3 is 15.3 Å². The summed E-state index contributed by atoms with van der Waals surface area (Å²) in [7, 11) is 1.56. The number of likely N-dealkylation sites (N-methyl/N-ethyl adjacent to an activating group) is 1. The van der Waals surface area contributed by atoms with Gasteiger partial charge in [0.05, 0.1) is 21.8 Å². The van der Waals surface area contributed by atoms with E-state index in [0.717, 1.165) is 3.79 Å². The van der Waals surface area contributed by atoms with Crippen molar-refractivity contribution < 1.29 is 14.7 Å². The molecule has 0 aliphatic carbocycles. The van der Waals surface area contributed by atoms with Gasteiger partial charge >= 0.3 is 0 Å². The Kier molecular flexibility index (Phi) is 5.60. The van der Waals surface area contributed by atoms with Crippen LogP contribution < -0.4 is 5.32 Å². The van der Waals surface area contributed by atoms with Crippen molar-refractivity contribution in [3.63, 3.8) is 0 Å². The molecule has 94 valence electrons. The van der Waals surface area contributed by atoms with Crippen LogP contribution in [0.1, 0.15) is 9.67 Å². The number of amides is 2. The van der Waals surface area contributed by atoms with Gasteiger partial charge in [-0.2, -0.15) is 0 Å². The minimum absolute atomic E-state index is 0.0195. The van der Waals surface area contributed by atoms with E-state index in [-0.39, 0.29) is 31.5 Å². The van der Waals surface area contributed by atoms with Gasteiger partial charge in [0.25, 0.3) is 5.91 Å². The van der Waals surface area contributed by atoms with Crippen LogP contribution in [0.4, 0.5) is 0 Å². The molecule has 17 heavy (non-hydrogen) atoms. The van der Waals surface area contributed by atoms with Crippen molar-refractivity contribution in [3.05, 3.63) is 20.8 Å². The number of halogens is 1. The average Bonchev–Trinajstić information content (AvgIpc) is 2.72. The first-order valence-corrected chi connectivity index (χ1v) is 6.54. The lowest BCUT2D eigenvalue weighted by molar-refractivity contribution is -0.121. The first-order chi connectivity index (χ1) is 8.04. The van der Waals surface area contributed by atoms with Gasteiger partial charge in [0.2, 0.25) is 5.91 Å². The molecule has 0 unspecified atom stereocenters. The fourth-order valence-electron chi connectivity index (χ4n) is 1.16. The Hall–Kier alpha value is -0.920. The molecule has 0 fully saturated rings. The van der Waals surface area contributed by atoms with Crippen LogP contribution in [-0.4, -0.2) is 48.6 Å². The van der Waals surface area contributed by atoms with Gasteiger partial charge in [-0.1, -0.05) is 0 Å². The van der Waals surface area contributed by atoms with Crippen molar-refractivity contribution in [2.75, 3.05) is 26.7 Å². The van der Waals surface area contributed by atoms with Crippen LogP contribution in [0.15, 0.2) is 15.9 Å². The predicted molar refractivity (Wildman–Crippen MR) is 69.1 cm³/mol. The molecule has 2 amide bonds. The summed E-state index contributed by atoms with van der Waals surface area (Å²) in [6, 6.07) is 3.50. The van der Waals surface area contributed by atoms with Crippen LogP contribution in [0, 0.1) is 0 Å². The highest BCUT2D eigenvalue weighted by molar-refractivity contribution is 9.11. The van der Waals surface area contributed by atoms with Crippen LogP contribution in [0.25, 0.3) is 0 Å². The zero-order valence-corrected chi connectivity index (χ0v) is 11.7. The summed E-state index contributed by atoms with van der Waals surface area (Å²) >= 11 is 4.60. The minimum Gasteiger partial charge on any atom is -0.395 e. The average molecular weight is 321 g/mol. The van der Waals surface area contributed by atoms with Gasteiger partial charge in [0, 0.05) is 13.6 Å². The quantitative estimate of drug-likeness (QED) is 0.838. The lowest BCUT2D eigenvalue weighted by Crippen LogP contribution is -2.39. The largest absolute Gasteiger partial charge is 0.395 e. The maximum atomic E-state index is 11.9. The van der Waals surface area contributed by atoms with E-state index in [1.165, 1.54) is 16.2 Å². The molecular weight excluding hydrogens is 308 g/mol. The zero-order valence-electron chi connectivity index (χ0n) is 9.27. The van der Waals surface area contributed by atoms with Gasteiger partial charge in [-0.15, -0.1) is 11.3 Å². The minimum atomic E-state index is -0.287. The predicted octanol–water partition coefficient (Wildman–Crippen LogP) is 0.691. The summed E-state index contributed by atoms with van der Waals surface area (Å²) in [6.45, 7) is 0.0705. The maximum absolute atomic E-state index is 11.9. The first-order valence-electron chi connectivity index (χ1n) is 4.93. The second kappa shape index (κ2) is 6.73. The number of hydrogen-bond donors (Lipinski definition) is 2. The van der Waals surface area contributed by atoms with Crippen molar-refractivity contribution in [2.24, 2.45) is 0 Å². The SMILES string of the molecule is CN(CC(=O)NCCO)C(=O)c1ccc(Br)s1. The van der Waals surface area contributed by atoms with Gasteiger partial charge in [-0.05, 0) is 28.1 Å².